The molecule has 5 nitrogen and oxygen atoms in total. The molecule has 0 unspecified atom stereocenters. The summed E-state index contributed by atoms with van der Waals surface area (Å²) in [4.78, 5) is 8.80. The van der Waals surface area contributed by atoms with E-state index in [0.717, 1.165) is 32.2 Å². The van der Waals surface area contributed by atoms with Gasteiger partial charge in [-0.3, -0.25) is 0 Å². The molecule has 0 radical (unpaired) electrons. The van der Waals surface area contributed by atoms with Crippen molar-refractivity contribution in [2.24, 2.45) is 5.10 Å². The van der Waals surface area contributed by atoms with E-state index < -0.39 is 0 Å². The first-order valence-corrected chi connectivity index (χ1v) is 9.39. The Morgan fingerprint density at radius 3 is 2.67 bits per heavy atom. The van der Waals surface area contributed by atoms with Gasteiger partial charge in [-0.05, 0) is 37.3 Å². The Hall–Kier alpha value is -2.70. The average molecular weight is 441 g/mol. The minimum absolute atomic E-state index is 0.296. The quantitative estimate of drug-likeness (QED) is 0.348. The zero-order valence-electron chi connectivity index (χ0n) is 14.4. The third kappa shape index (κ3) is 3.72. The van der Waals surface area contributed by atoms with Gasteiger partial charge in [0.05, 0.1) is 23.6 Å². The first-order valence-electron chi connectivity index (χ1n) is 8.22. The number of fused-ring (bicyclic) bond motifs is 1. The SMILES string of the molecule is Cc1ccc2nc(Cl)c(/C=N/n3cc(-c4ccc(Br)cc4)nc3N)cc2c1. The van der Waals surface area contributed by atoms with Gasteiger partial charge in [0, 0.05) is 21.0 Å². The summed E-state index contributed by atoms with van der Waals surface area (Å²) < 4.78 is 2.53. The van der Waals surface area contributed by atoms with Crippen molar-refractivity contribution >= 4 is 50.6 Å². The molecule has 2 aromatic heterocycles. The summed E-state index contributed by atoms with van der Waals surface area (Å²) in [5.41, 5.74) is 10.4. The molecule has 0 aliphatic carbocycles. The topological polar surface area (TPSA) is 69.1 Å². The van der Waals surface area contributed by atoms with Crippen molar-refractivity contribution in [2.75, 3.05) is 5.73 Å². The molecule has 0 spiro atoms. The summed E-state index contributed by atoms with van der Waals surface area (Å²) in [6, 6.07) is 15.8. The van der Waals surface area contributed by atoms with Crippen molar-refractivity contribution in [2.45, 2.75) is 6.92 Å². The van der Waals surface area contributed by atoms with Crippen LogP contribution in [0.5, 0.6) is 0 Å². The lowest BCUT2D eigenvalue weighted by Gasteiger charge is -2.03. The van der Waals surface area contributed by atoms with Crippen LogP contribution in [-0.4, -0.2) is 20.9 Å². The maximum Gasteiger partial charge on any atom is 0.221 e. The predicted octanol–water partition coefficient (Wildman–Crippen LogP) is 5.29. The number of nitrogens with two attached hydrogens (primary N) is 1. The van der Waals surface area contributed by atoms with Crippen LogP contribution in [0.15, 0.2) is 64.3 Å². The molecule has 0 saturated carbocycles. The van der Waals surface area contributed by atoms with Crippen LogP contribution in [0.4, 0.5) is 5.95 Å². The van der Waals surface area contributed by atoms with Crippen molar-refractivity contribution in [3.63, 3.8) is 0 Å². The number of aryl methyl sites for hydroxylation is 1. The standard InChI is InChI=1S/C20H15BrClN5/c1-12-2-7-17-14(8-12)9-15(19(22)25-17)10-24-27-11-18(26-20(27)23)13-3-5-16(21)6-4-13/h2-11H,1H3,(H2,23,26)/b24-10+. The van der Waals surface area contributed by atoms with Crippen LogP contribution in [0.1, 0.15) is 11.1 Å². The van der Waals surface area contributed by atoms with Crippen LogP contribution in [0, 0.1) is 6.92 Å². The highest BCUT2D eigenvalue weighted by molar-refractivity contribution is 9.10. The molecule has 7 heteroatoms. The normalized spacial score (nSPS) is 11.5. The summed E-state index contributed by atoms with van der Waals surface area (Å²) >= 11 is 9.73. The first-order chi connectivity index (χ1) is 13.0. The lowest BCUT2D eigenvalue weighted by molar-refractivity contribution is 0.898. The highest BCUT2D eigenvalue weighted by atomic mass is 79.9. The highest BCUT2D eigenvalue weighted by Gasteiger charge is 2.07. The van der Waals surface area contributed by atoms with Gasteiger partial charge in [0.2, 0.25) is 5.95 Å². The van der Waals surface area contributed by atoms with Crippen molar-refractivity contribution in [1.29, 1.82) is 0 Å². The second-order valence-corrected chi connectivity index (χ2v) is 7.42. The average Bonchev–Trinajstić information content (AvgIpc) is 3.01. The molecule has 27 heavy (non-hydrogen) atoms. The van der Waals surface area contributed by atoms with Gasteiger partial charge in [-0.25, -0.2) is 14.6 Å². The Bertz CT molecular complexity index is 1170. The number of benzene rings is 2. The van der Waals surface area contributed by atoms with E-state index in [4.69, 9.17) is 17.3 Å². The molecule has 0 amide bonds. The number of nitrogens with zero attached hydrogens (tertiary/aromatic N) is 4. The summed E-state index contributed by atoms with van der Waals surface area (Å²) in [5, 5.41) is 5.80. The van der Waals surface area contributed by atoms with Gasteiger partial charge in [0.25, 0.3) is 0 Å². The molecule has 0 atom stereocenters. The van der Waals surface area contributed by atoms with Crippen LogP contribution < -0.4 is 5.73 Å². The lowest BCUT2D eigenvalue weighted by atomic mass is 10.1. The first kappa shape index (κ1) is 17.7. The Morgan fingerprint density at radius 2 is 1.89 bits per heavy atom. The summed E-state index contributed by atoms with van der Waals surface area (Å²) in [6.07, 6.45) is 3.42. The summed E-state index contributed by atoms with van der Waals surface area (Å²) in [6.45, 7) is 2.04. The van der Waals surface area contributed by atoms with E-state index in [0.29, 0.717) is 16.7 Å². The molecule has 4 aromatic rings. The van der Waals surface area contributed by atoms with Crippen LogP contribution >= 0.6 is 27.5 Å². The third-order valence-corrected chi connectivity index (χ3v) is 4.96. The number of imidazole rings is 1. The van der Waals surface area contributed by atoms with Crippen molar-refractivity contribution < 1.29 is 0 Å². The lowest BCUT2D eigenvalue weighted by Crippen LogP contribution is -1.97. The Kier molecular flexibility index (Phi) is 4.68. The number of hydrogen-bond donors (Lipinski definition) is 1. The molecule has 4 rings (SSSR count). The van der Waals surface area contributed by atoms with Crippen LogP contribution in [0.2, 0.25) is 5.15 Å². The molecule has 0 bridgehead atoms. The van der Waals surface area contributed by atoms with Gasteiger partial charge < -0.3 is 5.73 Å². The zero-order valence-corrected chi connectivity index (χ0v) is 16.7. The second kappa shape index (κ2) is 7.13. The van der Waals surface area contributed by atoms with Gasteiger partial charge in [-0.1, -0.05) is 51.3 Å². The number of aromatic nitrogens is 3. The Labute approximate surface area is 169 Å². The van der Waals surface area contributed by atoms with Crippen LogP contribution in [-0.2, 0) is 0 Å². The molecule has 0 fully saturated rings. The minimum Gasteiger partial charge on any atom is -0.368 e. The number of anilines is 1. The molecule has 134 valence electrons. The van der Waals surface area contributed by atoms with E-state index in [1.807, 2.05) is 49.4 Å². The van der Waals surface area contributed by atoms with E-state index >= 15 is 0 Å². The highest BCUT2D eigenvalue weighted by Crippen LogP contribution is 2.23. The number of halogens is 2. The monoisotopic (exact) mass is 439 g/mol. The van der Waals surface area contributed by atoms with E-state index in [2.05, 4.69) is 37.1 Å². The van der Waals surface area contributed by atoms with Gasteiger partial charge in [0.1, 0.15) is 5.15 Å². The van der Waals surface area contributed by atoms with E-state index in [1.54, 1.807) is 12.4 Å². The van der Waals surface area contributed by atoms with Gasteiger partial charge in [0.15, 0.2) is 0 Å². The summed E-state index contributed by atoms with van der Waals surface area (Å²) in [5.74, 6) is 0.296. The van der Waals surface area contributed by atoms with E-state index in [-0.39, 0.29) is 0 Å². The smallest absolute Gasteiger partial charge is 0.221 e. The van der Waals surface area contributed by atoms with Crippen LogP contribution in [0.25, 0.3) is 22.2 Å². The fraction of sp³-hybridized carbons (Fsp3) is 0.0500. The zero-order chi connectivity index (χ0) is 19.0. The molecule has 2 N–H and O–H groups in total. The third-order valence-electron chi connectivity index (χ3n) is 4.13. The minimum atomic E-state index is 0.296. The fourth-order valence-electron chi connectivity index (χ4n) is 2.74. The van der Waals surface area contributed by atoms with Crippen molar-refractivity contribution in [3.05, 3.63) is 75.5 Å². The molecule has 0 saturated heterocycles. The van der Waals surface area contributed by atoms with Crippen LogP contribution in [0.3, 0.4) is 0 Å². The fourth-order valence-corrected chi connectivity index (χ4v) is 3.20. The molecular formula is C20H15BrClN5. The number of hydrogen-bond acceptors (Lipinski definition) is 4. The molecular weight excluding hydrogens is 426 g/mol. The maximum absolute atomic E-state index is 6.30. The molecule has 0 aliphatic rings. The maximum atomic E-state index is 6.30. The van der Waals surface area contributed by atoms with Gasteiger partial charge >= 0.3 is 0 Å². The molecule has 2 heterocycles. The molecule has 2 aromatic carbocycles. The predicted molar refractivity (Wildman–Crippen MR) is 114 cm³/mol. The van der Waals surface area contributed by atoms with E-state index in [1.165, 1.54) is 4.68 Å². The Balaban J connectivity index is 1.68. The van der Waals surface area contributed by atoms with Gasteiger partial charge in [-0.2, -0.15) is 5.10 Å². The largest absolute Gasteiger partial charge is 0.368 e. The number of pyridine rings is 1. The number of rotatable bonds is 3. The summed E-state index contributed by atoms with van der Waals surface area (Å²) in [7, 11) is 0. The van der Waals surface area contributed by atoms with Gasteiger partial charge in [-0.15, -0.1) is 0 Å². The second-order valence-electron chi connectivity index (χ2n) is 6.14. The Morgan fingerprint density at radius 1 is 1.11 bits per heavy atom. The van der Waals surface area contributed by atoms with Crippen molar-refractivity contribution in [1.82, 2.24) is 14.6 Å². The van der Waals surface area contributed by atoms with Crippen molar-refractivity contribution in [3.8, 4) is 11.3 Å². The van der Waals surface area contributed by atoms with E-state index in [9.17, 15) is 0 Å². The number of nitrogen functional groups attached to an aromatic ring is 1. The molecule has 0 aliphatic heterocycles.